The largest absolute Gasteiger partial charge is 0.459 e. The maximum Gasteiger partial charge on any atom is 0.333 e. The zero-order chi connectivity index (χ0) is 24.7. The Labute approximate surface area is 205 Å². The van der Waals surface area contributed by atoms with Crippen LogP contribution in [0.3, 0.4) is 0 Å². The second-order valence-electron chi connectivity index (χ2n) is 8.77. The monoisotopic (exact) mass is 493 g/mol. The summed E-state index contributed by atoms with van der Waals surface area (Å²) in [5, 5.41) is 0.622. The highest BCUT2D eigenvalue weighted by atomic mass is 35.5. The van der Waals surface area contributed by atoms with E-state index in [-0.39, 0.29) is 23.7 Å². The van der Waals surface area contributed by atoms with E-state index in [1.807, 2.05) is 51.9 Å². The lowest BCUT2D eigenvalue weighted by Crippen LogP contribution is -2.42. The first-order chi connectivity index (χ1) is 16.8. The highest BCUT2D eigenvalue weighted by Crippen LogP contribution is 2.33. The SMILES string of the molecule is CC1CN(c2ccc(Cl)cc2)c2nc3c(c(=O)n(CC(=O)OCc4ccccc4)c(=O)n3C)n2C1. The molecule has 0 bridgehead atoms. The Bertz CT molecular complexity index is 1520. The van der Waals surface area contributed by atoms with Crippen LogP contribution in [-0.4, -0.2) is 31.2 Å². The van der Waals surface area contributed by atoms with E-state index in [4.69, 9.17) is 16.3 Å². The number of aryl methyl sites for hydroxylation is 1. The second kappa shape index (κ2) is 9.07. The molecule has 1 unspecified atom stereocenters. The molecule has 2 aromatic carbocycles. The number of imidazole rings is 1. The fourth-order valence-corrected chi connectivity index (χ4v) is 4.52. The molecule has 180 valence electrons. The molecule has 10 heteroatoms. The maximum absolute atomic E-state index is 13.5. The summed E-state index contributed by atoms with van der Waals surface area (Å²) >= 11 is 6.06. The number of carbonyl (C=O) groups excluding carboxylic acids is 1. The number of esters is 1. The Kier molecular flexibility index (Phi) is 5.94. The minimum absolute atomic E-state index is 0.0621. The van der Waals surface area contributed by atoms with E-state index in [1.54, 1.807) is 19.2 Å². The van der Waals surface area contributed by atoms with Gasteiger partial charge in [0.2, 0.25) is 5.95 Å². The highest BCUT2D eigenvalue weighted by Gasteiger charge is 2.30. The van der Waals surface area contributed by atoms with Crippen molar-refractivity contribution < 1.29 is 9.53 Å². The standard InChI is InChI=1S/C25H24ClN5O4/c1-16-12-29(19-10-8-18(26)9-11-19)24-27-22-21(30(24)13-16)23(33)31(25(34)28(22)2)14-20(32)35-15-17-6-4-3-5-7-17/h3-11,16H,12-15H2,1-2H3. The van der Waals surface area contributed by atoms with Gasteiger partial charge in [0.1, 0.15) is 13.2 Å². The summed E-state index contributed by atoms with van der Waals surface area (Å²) < 4.78 is 9.34. The van der Waals surface area contributed by atoms with Crippen LogP contribution in [0.2, 0.25) is 5.02 Å². The molecule has 9 nitrogen and oxygen atoms in total. The lowest BCUT2D eigenvalue weighted by Gasteiger charge is -2.33. The summed E-state index contributed by atoms with van der Waals surface area (Å²) in [6, 6.07) is 16.6. The van der Waals surface area contributed by atoms with E-state index in [9.17, 15) is 14.4 Å². The lowest BCUT2D eigenvalue weighted by atomic mass is 10.1. The third-order valence-electron chi connectivity index (χ3n) is 6.11. The normalized spacial score (nSPS) is 15.3. The van der Waals surface area contributed by atoms with Crippen LogP contribution in [0.5, 0.6) is 0 Å². The smallest absolute Gasteiger partial charge is 0.333 e. The Balaban J connectivity index is 1.54. The first kappa shape index (κ1) is 22.9. The highest BCUT2D eigenvalue weighted by molar-refractivity contribution is 6.30. The molecule has 5 rings (SSSR count). The molecule has 0 amide bonds. The molecular formula is C25H24ClN5O4. The van der Waals surface area contributed by atoms with Crippen molar-refractivity contribution in [2.45, 2.75) is 26.6 Å². The summed E-state index contributed by atoms with van der Waals surface area (Å²) in [6.07, 6.45) is 0. The summed E-state index contributed by atoms with van der Waals surface area (Å²) in [5.74, 6) is 0.107. The minimum atomic E-state index is -0.665. The first-order valence-corrected chi connectivity index (χ1v) is 11.6. The van der Waals surface area contributed by atoms with Gasteiger partial charge in [0.15, 0.2) is 11.2 Å². The molecule has 0 N–H and O–H groups in total. The van der Waals surface area contributed by atoms with E-state index in [2.05, 4.69) is 11.9 Å². The second-order valence-corrected chi connectivity index (χ2v) is 9.20. The van der Waals surface area contributed by atoms with Crippen molar-refractivity contribution in [3.63, 3.8) is 0 Å². The third-order valence-corrected chi connectivity index (χ3v) is 6.36. The quantitative estimate of drug-likeness (QED) is 0.397. The van der Waals surface area contributed by atoms with Crippen molar-refractivity contribution in [1.82, 2.24) is 18.7 Å². The van der Waals surface area contributed by atoms with Gasteiger partial charge in [-0.2, -0.15) is 4.98 Å². The average molecular weight is 494 g/mol. The van der Waals surface area contributed by atoms with Crippen molar-refractivity contribution in [2.24, 2.45) is 13.0 Å². The Morgan fingerprint density at radius 3 is 2.51 bits per heavy atom. The van der Waals surface area contributed by atoms with Gasteiger partial charge in [-0.05, 0) is 35.7 Å². The molecule has 35 heavy (non-hydrogen) atoms. The molecule has 0 aliphatic carbocycles. The summed E-state index contributed by atoms with van der Waals surface area (Å²) in [6.45, 7) is 2.91. The predicted molar refractivity (Wildman–Crippen MR) is 133 cm³/mol. The molecular weight excluding hydrogens is 470 g/mol. The van der Waals surface area contributed by atoms with E-state index in [0.717, 1.165) is 15.8 Å². The molecule has 0 saturated carbocycles. The number of ether oxygens (including phenoxy) is 1. The van der Waals surface area contributed by atoms with Gasteiger partial charge >= 0.3 is 11.7 Å². The van der Waals surface area contributed by atoms with Crippen LogP contribution in [0, 0.1) is 5.92 Å². The number of anilines is 2. The predicted octanol–water partition coefficient (Wildman–Crippen LogP) is 3.08. The van der Waals surface area contributed by atoms with Crippen LogP contribution in [0.25, 0.3) is 11.2 Å². The summed E-state index contributed by atoms with van der Waals surface area (Å²) in [4.78, 5) is 45.7. The van der Waals surface area contributed by atoms with Crippen LogP contribution >= 0.6 is 11.6 Å². The van der Waals surface area contributed by atoms with Crippen LogP contribution in [0.1, 0.15) is 12.5 Å². The van der Waals surface area contributed by atoms with Crippen molar-refractivity contribution in [2.75, 3.05) is 11.4 Å². The molecule has 3 heterocycles. The van der Waals surface area contributed by atoms with E-state index < -0.39 is 23.8 Å². The summed E-state index contributed by atoms with van der Waals surface area (Å²) in [7, 11) is 1.55. The number of hydrogen-bond donors (Lipinski definition) is 0. The van der Waals surface area contributed by atoms with E-state index in [1.165, 1.54) is 4.57 Å². The Morgan fingerprint density at radius 1 is 1.09 bits per heavy atom. The number of aromatic nitrogens is 4. The van der Waals surface area contributed by atoms with Gasteiger partial charge in [-0.1, -0.05) is 48.9 Å². The van der Waals surface area contributed by atoms with Crippen molar-refractivity contribution >= 4 is 40.4 Å². The third kappa shape index (κ3) is 4.23. The number of nitrogens with zero attached hydrogens (tertiary/aromatic N) is 5. The molecule has 1 atom stereocenters. The van der Waals surface area contributed by atoms with Gasteiger partial charge < -0.3 is 14.2 Å². The van der Waals surface area contributed by atoms with Gasteiger partial charge in [-0.15, -0.1) is 0 Å². The maximum atomic E-state index is 13.5. The number of fused-ring (bicyclic) bond motifs is 3. The molecule has 1 aliphatic heterocycles. The number of rotatable bonds is 5. The van der Waals surface area contributed by atoms with Gasteiger partial charge in [0.25, 0.3) is 5.56 Å². The number of carbonyl (C=O) groups is 1. The van der Waals surface area contributed by atoms with Gasteiger partial charge in [0, 0.05) is 30.8 Å². The number of halogens is 1. The summed E-state index contributed by atoms with van der Waals surface area (Å²) in [5.41, 5.74) is 1.06. The number of benzene rings is 2. The van der Waals surface area contributed by atoms with Crippen LogP contribution in [0.15, 0.2) is 64.2 Å². The van der Waals surface area contributed by atoms with Crippen molar-refractivity contribution in [3.8, 4) is 0 Å². The molecule has 0 fully saturated rings. The average Bonchev–Trinajstić information content (AvgIpc) is 3.24. The minimum Gasteiger partial charge on any atom is -0.459 e. The van der Waals surface area contributed by atoms with Crippen LogP contribution < -0.4 is 16.1 Å². The molecule has 0 radical (unpaired) electrons. The van der Waals surface area contributed by atoms with Crippen LogP contribution in [-0.2, 0) is 36.3 Å². The molecule has 2 aromatic heterocycles. The number of hydrogen-bond acceptors (Lipinski definition) is 6. The molecule has 0 saturated heterocycles. The van der Waals surface area contributed by atoms with Gasteiger partial charge in [-0.25, -0.2) is 9.36 Å². The van der Waals surface area contributed by atoms with Crippen molar-refractivity contribution in [1.29, 1.82) is 0 Å². The van der Waals surface area contributed by atoms with Crippen molar-refractivity contribution in [3.05, 3.63) is 86.0 Å². The Morgan fingerprint density at radius 2 is 1.80 bits per heavy atom. The molecule has 1 aliphatic rings. The molecule has 0 spiro atoms. The Hall–Kier alpha value is -3.85. The zero-order valence-electron chi connectivity index (χ0n) is 19.3. The first-order valence-electron chi connectivity index (χ1n) is 11.3. The van der Waals surface area contributed by atoms with E-state index in [0.29, 0.717) is 24.1 Å². The van der Waals surface area contributed by atoms with E-state index >= 15 is 0 Å². The van der Waals surface area contributed by atoms with Crippen LogP contribution in [0.4, 0.5) is 11.6 Å². The van der Waals surface area contributed by atoms with Gasteiger partial charge in [-0.3, -0.25) is 14.2 Å². The zero-order valence-corrected chi connectivity index (χ0v) is 20.1. The topological polar surface area (TPSA) is 91.4 Å². The fraction of sp³-hybridized carbons (Fsp3) is 0.280. The molecule has 4 aromatic rings. The van der Waals surface area contributed by atoms with Gasteiger partial charge in [0.05, 0.1) is 0 Å². The fourth-order valence-electron chi connectivity index (χ4n) is 4.40. The lowest BCUT2D eigenvalue weighted by molar-refractivity contribution is -0.145.